The van der Waals surface area contributed by atoms with Crippen molar-refractivity contribution in [3.8, 4) is 5.75 Å². The highest BCUT2D eigenvalue weighted by Crippen LogP contribution is 2.31. The molecule has 0 fully saturated rings. The van der Waals surface area contributed by atoms with Crippen LogP contribution in [0.2, 0.25) is 0 Å². The molecule has 0 aliphatic heterocycles. The van der Waals surface area contributed by atoms with Crippen molar-refractivity contribution in [3.63, 3.8) is 0 Å². The quantitative estimate of drug-likeness (QED) is 0.475. The maximum absolute atomic E-state index is 13.5. The van der Waals surface area contributed by atoms with Gasteiger partial charge in [-0.15, -0.1) is 11.8 Å². The third-order valence-electron chi connectivity index (χ3n) is 2.03. The molecule has 0 atom stereocenters. The van der Waals surface area contributed by atoms with Gasteiger partial charge in [-0.1, -0.05) is 0 Å². The zero-order valence-electron chi connectivity index (χ0n) is 9.46. The first kappa shape index (κ1) is 13.1. The smallest absolute Gasteiger partial charge is 0.143 e. The Hall–Kier alpha value is -0.940. The van der Waals surface area contributed by atoms with E-state index in [1.54, 1.807) is 13.2 Å². The van der Waals surface area contributed by atoms with Gasteiger partial charge in [0.1, 0.15) is 11.6 Å². The number of thioether (sulfide) groups is 1. The van der Waals surface area contributed by atoms with Crippen LogP contribution in [0, 0.1) is 5.82 Å². The molecule has 1 aromatic carbocycles. The number of rotatable bonds is 6. The normalized spacial score (nSPS) is 10.4. The summed E-state index contributed by atoms with van der Waals surface area (Å²) in [6.07, 6.45) is 0.882. The average molecular weight is 245 g/mol. The van der Waals surface area contributed by atoms with Gasteiger partial charge in [-0.3, -0.25) is 0 Å². The maximum atomic E-state index is 13.5. The van der Waals surface area contributed by atoms with E-state index in [1.807, 2.05) is 0 Å². The van der Waals surface area contributed by atoms with E-state index in [1.165, 1.54) is 24.9 Å². The summed E-state index contributed by atoms with van der Waals surface area (Å²) < 4.78 is 23.4. The molecule has 0 unspecified atom stereocenters. The highest BCUT2D eigenvalue weighted by Gasteiger charge is 2.08. The van der Waals surface area contributed by atoms with Crippen LogP contribution in [-0.2, 0) is 4.74 Å². The Bertz CT molecular complexity index is 347. The molecule has 5 heteroatoms. The summed E-state index contributed by atoms with van der Waals surface area (Å²) in [7, 11) is 3.17. The molecule has 16 heavy (non-hydrogen) atoms. The lowest BCUT2D eigenvalue weighted by Crippen LogP contribution is -1.96. The Labute approximate surface area is 99.1 Å². The molecule has 3 nitrogen and oxygen atoms in total. The lowest BCUT2D eigenvalue weighted by molar-refractivity contribution is 0.200. The minimum Gasteiger partial charge on any atom is -0.495 e. The summed E-state index contributed by atoms with van der Waals surface area (Å²) in [5.74, 6) is 1.01. The van der Waals surface area contributed by atoms with Gasteiger partial charge in [0.25, 0.3) is 0 Å². The van der Waals surface area contributed by atoms with Crippen molar-refractivity contribution in [2.45, 2.75) is 11.3 Å². The first-order valence-corrected chi connectivity index (χ1v) is 5.92. The summed E-state index contributed by atoms with van der Waals surface area (Å²) in [4.78, 5) is 0.558. The monoisotopic (exact) mass is 245 g/mol. The van der Waals surface area contributed by atoms with Crippen molar-refractivity contribution >= 4 is 17.4 Å². The van der Waals surface area contributed by atoms with Gasteiger partial charge >= 0.3 is 0 Å². The van der Waals surface area contributed by atoms with Crippen molar-refractivity contribution in [2.24, 2.45) is 0 Å². The molecule has 1 rings (SSSR count). The minimum atomic E-state index is -0.305. The fourth-order valence-electron chi connectivity index (χ4n) is 1.22. The van der Waals surface area contributed by atoms with Crippen molar-refractivity contribution in [1.82, 2.24) is 0 Å². The fraction of sp³-hybridized carbons (Fsp3) is 0.455. The Kier molecular flexibility index (Phi) is 5.42. The molecule has 0 amide bonds. The predicted octanol–water partition coefficient (Wildman–Crippen LogP) is 2.55. The maximum Gasteiger partial charge on any atom is 0.143 e. The zero-order chi connectivity index (χ0) is 12.0. The molecular formula is C11H16FNO2S. The summed E-state index contributed by atoms with van der Waals surface area (Å²) in [5, 5.41) is 0. The second kappa shape index (κ2) is 6.60. The molecule has 0 aliphatic carbocycles. The summed E-state index contributed by atoms with van der Waals surface area (Å²) >= 11 is 1.43. The predicted molar refractivity (Wildman–Crippen MR) is 64.6 cm³/mol. The van der Waals surface area contributed by atoms with Gasteiger partial charge in [0, 0.05) is 30.4 Å². The van der Waals surface area contributed by atoms with Gasteiger partial charge in [-0.05, 0) is 12.5 Å². The van der Waals surface area contributed by atoms with Crippen LogP contribution >= 0.6 is 11.8 Å². The summed E-state index contributed by atoms with van der Waals surface area (Å²) in [5.41, 5.74) is 5.90. The molecule has 90 valence electrons. The van der Waals surface area contributed by atoms with Crippen LogP contribution in [0.4, 0.5) is 10.1 Å². The van der Waals surface area contributed by atoms with Crippen molar-refractivity contribution in [1.29, 1.82) is 0 Å². The highest BCUT2D eigenvalue weighted by atomic mass is 32.2. The van der Waals surface area contributed by atoms with Crippen molar-refractivity contribution in [3.05, 3.63) is 17.9 Å². The van der Waals surface area contributed by atoms with E-state index in [0.717, 1.165) is 12.2 Å². The van der Waals surface area contributed by atoms with Gasteiger partial charge in [-0.25, -0.2) is 4.39 Å². The topological polar surface area (TPSA) is 44.5 Å². The van der Waals surface area contributed by atoms with Crippen LogP contribution in [0.3, 0.4) is 0 Å². The van der Waals surface area contributed by atoms with E-state index in [-0.39, 0.29) is 5.82 Å². The zero-order valence-corrected chi connectivity index (χ0v) is 10.3. The average Bonchev–Trinajstić information content (AvgIpc) is 2.27. The van der Waals surface area contributed by atoms with Crippen molar-refractivity contribution < 1.29 is 13.9 Å². The first-order chi connectivity index (χ1) is 7.69. The summed E-state index contributed by atoms with van der Waals surface area (Å²) in [6, 6.07) is 2.92. The van der Waals surface area contributed by atoms with Gasteiger partial charge in [0.15, 0.2) is 0 Å². The van der Waals surface area contributed by atoms with E-state index in [0.29, 0.717) is 22.9 Å². The van der Waals surface area contributed by atoms with E-state index in [4.69, 9.17) is 15.2 Å². The van der Waals surface area contributed by atoms with Gasteiger partial charge < -0.3 is 15.2 Å². The molecule has 2 N–H and O–H groups in total. The molecule has 0 saturated heterocycles. The second-order valence-corrected chi connectivity index (χ2v) is 4.36. The van der Waals surface area contributed by atoms with Crippen molar-refractivity contribution in [2.75, 3.05) is 32.3 Å². The fourth-order valence-corrected chi connectivity index (χ4v) is 2.09. The molecule has 0 heterocycles. The molecule has 1 aromatic rings. The molecular weight excluding hydrogens is 229 g/mol. The SMILES string of the molecule is COCCCSc1cc(OC)c(N)cc1F. The summed E-state index contributed by atoms with van der Waals surface area (Å²) in [6.45, 7) is 0.681. The van der Waals surface area contributed by atoms with Crippen LogP contribution in [0.25, 0.3) is 0 Å². The number of nitrogens with two attached hydrogens (primary N) is 1. The molecule has 0 aliphatic rings. The Morgan fingerprint density at radius 2 is 2.12 bits per heavy atom. The molecule has 0 radical (unpaired) electrons. The number of benzene rings is 1. The van der Waals surface area contributed by atoms with Crippen LogP contribution in [0.5, 0.6) is 5.75 Å². The number of anilines is 1. The Balaban J connectivity index is 2.64. The second-order valence-electron chi connectivity index (χ2n) is 3.22. The molecule has 0 saturated carbocycles. The first-order valence-electron chi connectivity index (χ1n) is 4.93. The van der Waals surface area contributed by atoms with Gasteiger partial charge in [0.2, 0.25) is 0 Å². The highest BCUT2D eigenvalue weighted by molar-refractivity contribution is 7.99. The van der Waals surface area contributed by atoms with E-state index >= 15 is 0 Å². The largest absolute Gasteiger partial charge is 0.495 e. The number of halogens is 1. The third-order valence-corrected chi connectivity index (χ3v) is 3.15. The number of hydrogen-bond acceptors (Lipinski definition) is 4. The van der Waals surface area contributed by atoms with Crippen LogP contribution in [-0.4, -0.2) is 26.6 Å². The van der Waals surface area contributed by atoms with E-state index in [2.05, 4.69) is 0 Å². The standard InChI is InChI=1S/C11H16FNO2S/c1-14-4-3-5-16-11-7-10(15-2)9(13)6-8(11)12/h6-7H,3-5,13H2,1-2H3. The Morgan fingerprint density at radius 1 is 1.38 bits per heavy atom. The molecule has 0 spiro atoms. The number of ether oxygens (including phenoxy) is 2. The molecule has 0 bridgehead atoms. The van der Waals surface area contributed by atoms with E-state index < -0.39 is 0 Å². The lowest BCUT2D eigenvalue weighted by atomic mass is 10.3. The number of hydrogen-bond donors (Lipinski definition) is 1. The number of methoxy groups -OCH3 is 2. The van der Waals surface area contributed by atoms with Gasteiger partial charge in [-0.2, -0.15) is 0 Å². The van der Waals surface area contributed by atoms with Gasteiger partial charge in [0.05, 0.1) is 12.8 Å². The third kappa shape index (κ3) is 3.57. The number of nitrogen functional groups attached to an aromatic ring is 1. The van der Waals surface area contributed by atoms with Crippen LogP contribution in [0.1, 0.15) is 6.42 Å². The van der Waals surface area contributed by atoms with Crippen LogP contribution in [0.15, 0.2) is 17.0 Å². The molecule has 0 aromatic heterocycles. The Morgan fingerprint density at radius 3 is 2.75 bits per heavy atom. The minimum absolute atomic E-state index is 0.305. The van der Waals surface area contributed by atoms with E-state index in [9.17, 15) is 4.39 Å². The van der Waals surface area contributed by atoms with Crippen LogP contribution < -0.4 is 10.5 Å². The lowest BCUT2D eigenvalue weighted by Gasteiger charge is -2.08.